The third kappa shape index (κ3) is 4.62. The van der Waals surface area contributed by atoms with Gasteiger partial charge >= 0.3 is 0 Å². The van der Waals surface area contributed by atoms with Gasteiger partial charge in [-0.15, -0.1) is 0 Å². The summed E-state index contributed by atoms with van der Waals surface area (Å²) in [6.07, 6.45) is 0. The van der Waals surface area contributed by atoms with Gasteiger partial charge in [-0.2, -0.15) is 0 Å². The van der Waals surface area contributed by atoms with Crippen LogP contribution in [0.4, 0.5) is 4.39 Å². The maximum Gasteiger partial charge on any atom is 0.252 e. The Hall–Kier alpha value is -1.72. The zero-order valence-corrected chi connectivity index (χ0v) is 14.7. The topological polar surface area (TPSA) is 55.1 Å². The second-order valence-corrected chi connectivity index (χ2v) is 6.62. The Morgan fingerprint density at radius 3 is 2.39 bits per heavy atom. The number of carbonyl (C=O) groups excluding carboxylic acids is 1. The molecular formula is C18H20BrFN2O. The van der Waals surface area contributed by atoms with Crippen LogP contribution in [0.15, 0.2) is 46.9 Å². The molecule has 0 spiro atoms. The average molecular weight is 379 g/mol. The van der Waals surface area contributed by atoms with Gasteiger partial charge in [0, 0.05) is 17.1 Å². The predicted octanol–water partition coefficient (Wildman–Crippen LogP) is 4.14. The molecule has 122 valence electrons. The molecule has 0 aromatic heterocycles. The van der Waals surface area contributed by atoms with Crippen LogP contribution in [0.3, 0.4) is 0 Å². The number of hydrogen-bond acceptors (Lipinski definition) is 2. The van der Waals surface area contributed by atoms with E-state index in [9.17, 15) is 9.18 Å². The zero-order valence-electron chi connectivity index (χ0n) is 13.1. The van der Waals surface area contributed by atoms with Gasteiger partial charge in [-0.05, 0) is 51.2 Å². The van der Waals surface area contributed by atoms with Crippen molar-refractivity contribution in [3.63, 3.8) is 0 Å². The van der Waals surface area contributed by atoms with E-state index in [1.165, 1.54) is 23.8 Å². The third-order valence-corrected chi connectivity index (χ3v) is 4.38. The number of carbonyl (C=O) groups is 1. The highest BCUT2D eigenvalue weighted by Crippen LogP contribution is 2.19. The molecule has 0 fully saturated rings. The van der Waals surface area contributed by atoms with Crippen molar-refractivity contribution in [2.24, 2.45) is 5.73 Å². The van der Waals surface area contributed by atoms with Gasteiger partial charge in [0.25, 0.3) is 5.91 Å². The van der Waals surface area contributed by atoms with E-state index in [4.69, 9.17) is 5.73 Å². The summed E-state index contributed by atoms with van der Waals surface area (Å²) in [4.78, 5) is 12.1. The summed E-state index contributed by atoms with van der Waals surface area (Å²) in [5, 5.41) is 2.74. The highest BCUT2D eigenvalue weighted by molar-refractivity contribution is 9.10. The number of nitrogens with two attached hydrogens (primary N) is 1. The fourth-order valence-electron chi connectivity index (χ4n) is 2.22. The van der Waals surface area contributed by atoms with Crippen molar-refractivity contribution in [2.75, 3.05) is 6.54 Å². The van der Waals surface area contributed by atoms with E-state index < -0.39 is 5.82 Å². The molecule has 0 saturated heterocycles. The van der Waals surface area contributed by atoms with Crippen LogP contribution < -0.4 is 11.1 Å². The van der Waals surface area contributed by atoms with Crippen molar-refractivity contribution >= 4 is 21.8 Å². The second kappa shape index (κ2) is 7.70. The summed E-state index contributed by atoms with van der Waals surface area (Å²) in [5.74, 6) is -0.345. The molecule has 2 aromatic rings. The van der Waals surface area contributed by atoms with Crippen LogP contribution in [0, 0.1) is 5.82 Å². The maximum atomic E-state index is 13.2. The molecule has 0 radical (unpaired) electrons. The molecule has 0 saturated carbocycles. The molecule has 1 atom stereocenters. The number of halogens is 2. The van der Waals surface area contributed by atoms with Crippen LogP contribution in [-0.2, 0) is 0 Å². The lowest BCUT2D eigenvalue weighted by Gasteiger charge is -2.15. The van der Waals surface area contributed by atoms with Gasteiger partial charge in [-0.1, -0.05) is 38.1 Å². The maximum absolute atomic E-state index is 13.2. The lowest BCUT2D eigenvalue weighted by Crippen LogP contribution is -2.32. The summed E-state index contributed by atoms with van der Waals surface area (Å²) < 4.78 is 13.8. The average Bonchev–Trinajstić information content (AvgIpc) is 2.54. The lowest BCUT2D eigenvalue weighted by molar-refractivity contribution is 0.0950. The zero-order chi connectivity index (χ0) is 17.0. The van der Waals surface area contributed by atoms with Crippen molar-refractivity contribution in [3.05, 3.63) is 69.4 Å². The van der Waals surface area contributed by atoms with E-state index in [0.717, 1.165) is 5.56 Å². The number of nitrogens with one attached hydrogen (secondary N) is 1. The van der Waals surface area contributed by atoms with E-state index in [1.54, 1.807) is 0 Å². The van der Waals surface area contributed by atoms with E-state index in [-0.39, 0.29) is 24.1 Å². The van der Waals surface area contributed by atoms with Crippen LogP contribution in [-0.4, -0.2) is 12.5 Å². The molecule has 0 heterocycles. The minimum absolute atomic E-state index is 0.257. The lowest BCUT2D eigenvalue weighted by atomic mass is 9.99. The molecule has 0 bridgehead atoms. The molecule has 0 aliphatic carbocycles. The molecule has 1 unspecified atom stereocenters. The quantitative estimate of drug-likeness (QED) is 0.821. The van der Waals surface area contributed by atoms with Gasteiger partial charge in [0.1, 0.15) is 5.82 Å². The molecule has 3 N–H and O–H groups in total. The van der Waals surface area contributed by atoms with Crippen molar-refractivity contribution in [3.8, 4) is 0 Å². The van der Waals surface area contributed by atoms with Gasteiger partial charge in [-0.3, -0.25) is 4.79 Å². The number of benzene rings is 2. The standard InChI is InChI=1S/C18H20BrFN2O/c1-11(2)12-3-5-13(6-4-12)17(21)10-22-18(23)15-9-14(20)7-8-16(15)19/h3-9,11,17H,10,21H2,1-2H3,(H,22,23). The minimum Gasteiger partial charge on any atom is -0.350 e. The second-order valence-electron chi connectivity index (χ2n) is 5.76. The van der Waals surface area contributed by atoms with Crippen LogP contribution in [0.2, 0.25) is 0 Å². The molecule has 5 heteroatoms. The van der Waals surface area contributed by atoms with Crippen molar-refractivity contribution in [1.82, 2.24) is 5.32 Å². The van der Waals surface area contributed by atoms with Gasteiger partial charge < -0.3 is 11.1 Å². The van der Waals surface area contributed by atoms with E-state index in [2.05, 4.69) is 35.1 Å². The Morgan fingerprint density at radius 2 is 1.78 bits per heavy atom. The first-order valence-corrected chi connectivity index (χ1v) is 8.26. The number of rotatable bonds is 5. The Bertz CT molecular complexity index is 686. The first kappa shape index (κ1) is 17.6. The molecule has 23 heavy (non-hydrogen) atoms. The van der Waals surface area contributed by atoms with Crippen LogP contribution in [0.25, 0.3) is 0 Å². The summed E-state index contributed by atoms with van der Waals surface area (Å²) in [6, 6.07) is 11.7. The monoisotopic (exact) mass is 378 g/mol. The largest absolute Gasteiger partial charge is 0.350 e. The van der Waals surface area contributed by atoms with Crippen molar-refractivity contribution < 1.29 is 9.18 Å². The van der Waals surface area contributed by atoms with Gasteiger partial charge in [0.15, 0.2) is 0 Å². The normalized spacial score (nSPS) is 12.3. The Morgan fingerprint density at radius 1 is 1.17 bits per heavy atom. The summed E-state index contributed by atoms with van der Waals surface area (Å²) in [5.41, 5.74) is 8.57. The molecule has 0 aliphatic rings. The van der Waals surface area contributed by atoms with Crippen molar-refractivity contribution in [1.29, 1.82) is 0 Å². The van der Waals surface area contributed by atoms with Crippen LogP contribution >= 0.6 is 15.9 Å². The Labute approximate surface area is 144 Å². The Kier molecular flexibility index (Phi) is 5.91. The first-order chi connectivity index (χ1) is 10.9. The van der Waals surface area contributed by atoms with E-state index >= 15 is 0 Å². The van der Waals surface area contributed by atoms with Gasteiger partial charge in [-0.25, -0.2) is 4.39 Å². The molecule has 1 amide bonds. The number of amides is 1. The van der Waals surface area contributed by atoms with Crippen LogP contribution in [0.1, 0.15) is 47.3 Å². The fourth-order valence-corrected chi connectivity index (χ4v) is 2.64. The fraction of sp³-hybridized carbons (Fsp3) is 0.278. The van der Waals surface area contributed by atoms with Crippen molar-refractivity contribution in [2.45, 2.75) is 25.8 Å². The molecule has 2 rings (SSSR count). The van der Waals surface area contributed by atoms with Gasteiger partial charge in [0.2, 0.25) is 0 Å². The predicted molar refractivity (Wildman–Crippen MR) is 93.9 cm³/mol. The summed E-state index contributed by atoms with van der Waals surface area (Å²) in [6.45, 7) is 4.54. The molecule has 2 aromatic carbocycles. The van der Waals surface area contributed by atoms with E-state index in [1.807, 2.05) is 24.3 Å². The third-order valence-electron chi connectivity index (χ3n) is 3.69. The highest BCUT2D eigenvalue weighted by Gasteiger charge is 2.13. The smallest absolute Gasteiger partial charge is 0.252 e. The molecule has 0 aliphatic heterocycles. The minimum atomic E-state index is -0.452. The Balaban J connectivity index is 1.99. The number of hydrogen-bond donors (Lipinski definition) is 2. The SMILES string of the molecule is CC(C)c1ccc(C(N)CNC(=O)c2cc(F)ccc2Br)cc1. The van der Waals surface area contributed by atoms with Gasteiger partial charge in [0.05, 0.1) is 5.56 Å². The molecular weight excluding hydrogens is 359 g/mol. The summed E-state index contributed by atoms with van der Waals surface area (Å²) >= 11 is 3.25. The first-order valence-electron chi connectivity index (χ1n) is 7.47. The van der Waals surface area contributed by atoms with Crippen LogP contribution in [0.5, 0.6) is 0 Å². The van der Waals surface area contributed by atoms with E-state index in [0.29, 0.717) is 10.4 Å². The molecule has 3 nitrogen and oxygen atoms in total. The summed E-state index contributed by atoms with van der Waals surface area (Å²) in [7, 11) is 0. The highest BCUT2D eigenvalue weighted by atomic mass is 79.9.